The summed E-state index contributed by atoms with van der Waals surface area (Å²) in [6.07, 6.45) is 7.27. The molecule has 192 valence electrons. The van der Waals surface area contributed by atoms with E-state index in [4.69, 9.17) is 21.1 Å². The van der Waals surface area contributed by atoms with Crippen molar-refractivity contribution in [3.05, 3.63) is 41.4 Å². The highest BCUT2D eigenvalue weighted by Gasteiger charge is 2.53. The number of pyridine rings is 1. The standard InChI is InChI=1S/C23H28ClN7O4S/c1-14(19(35-3)20-25-12-15(24)13-26-20)36(32,33)30-22-29-28-21(16-6-4-7-18(27-16)34-2)31(22)17-8-11-23(17)9-5-10-23/h4,6-7,12-14,17,19H,5,8-11H2,1-3H3,(H,29,30)/t14-,17-,19-/m0/s1. The molecule has 0 aliphatic heterocycles. The summed E-state index contributed by atoms with van der Waals surface area (Å²) in [7, 11) is -1.03. The fourth-order valence-electron chi connectivity index (χ4n) is 5.14. The molecule has 5 rings (SSSR count). The van der Waals surface area contributed by atoms with Gasteiger partial charge in [0.05, 0.1) is 12.1 Å². The normalized spacial score (nSPS) is 20.3. The molecule has 0 aromatic carbocycles. The molecule has 1 spiro atoms. The average molecular weight is 534 g/mol. The van der Waals surface area contributed by atoms with E-state index >= 15 is 0 Å². The van der Waals surface area contributed by atoms with Crippen LogP contribution in [0, 0.1) is 5.41 Å². The molecule has 13 heteroatoms. The van der Waals surface area contributed by atoms with Gasteiger partial charge < -0.3 is 9.47 Å². The molecule has 0 amide bonds. The van der Waals surface area contributed by atoms with E-state index in [1.165, 1.54) is 32.8 Å². The van der Waals surface area contributed by atoms with Crippen LogP contribution < -0.4 is 9.46 Å². The molecule has 3 aromatic rings. The Hall–Kier alpha value is -2.83. The molecule has 1 N–H and O–H groups in total. The molecule has 0 unspecified atom stereocenters. The topological polar surface area (TPSA) is 134 Å². The molecule has 3 heterocycles. The third-order valence-corrected chi connectivity index (χ3v) is 9.33. The minimum Gasteiger partial charge on any atom is -0.481 e. The van der Waals surface area contributed by atoms with E-state index in [2.05, 4.69) is 29.9 Å². The van der Waals surface area contributed by atoms with Crippen molar-refractivity contribution in [2.45, 2.75) is 56.4 Å². The fraction of sp³-hybridized carbons (Fsp3) is 0.522. The summed E-state index contributed by atoms with van der Waals surface area (Å²) in [6.45, 7) is 1.54. The van der Waals surface area contributed by atoms with Gasteiger partial charge in [-0.1, -0.05) is 24.1 Å². The van der Waals surface area contributed by atoms with Gasteiger partial charge in [-0.3, -0.25) is 9.29 Å². The van der Waals surface area contributed by atoms with Gasteiger partial charge in [-0.05, 0) is 44.1 Å². The van der Waals surface area contributed by atoms with Crippen LogP contribution in [-0.4, -0.2) is 57.6 Å². The van der Waals surface area contributed by atoms with Crippen molar-refractivity contribution in [2.75, 3.05) is 18.9 Å². The van der Waals surface area contributed by atoms with Crippen molar-refractivity contribution >= 4 is 27.6 Å². The van der Waals surface area contributed by atoms with Crippen molar-refractivity contribution in [3.8, 4) is 17.4 Å². The lowest BCUT2D eigenvalue weighted by atomic mass is 9.53. The third-order valence-electron chi connectivity index (χ3n) is 7.44. The van der Waals surface area contributed by atoms with Crippen molar-refractivity contribution in [3.63, 3.8) is 0 Å². The molecule has 2 aliphatic carbocycles. The van der Waals surface area contributed by atoms with Gasteiger partial charge in [-0.2, -0.15) is 0 Å². The van der Waals surface area contributed by atoms with Gasteiger partial charge in [-0.25, -0.2) is 23.4 Å². The number of sulfonamides is 1. The van der Waals surface area contributed by atoms with E-state index < -0.39 is 21.4 Å². The first kappa shape index (κ1) is 24.8. The molecule has 36 heavy (non-hydrogen) atoms. The highest BCUT2D eigenvalue weighted by molar-refractivity contribution is 7.93. The number of halogens is 1. The molecule has 0 bridgehead atoms. The first-order valence-electron chi connectivity index (χ1n) is 11.8. The predicted molar refractivity (Wildman–Crippen MR) is 133 cm³/mol. The molecule has 0 saturated heterocycles. The Bertz CT molecular complexity index is 1340. The van der Waals surface area contributed by atoms with Crippen LogP contribution in [0.25, 0.3) is 11.5 Å². The molecular formula is C23H28ClN7O4S. The molecule has 2 saturated carbocycles. The van der Waals surface area contributed by atoms with Crippen LogP contribution in [0.3, 0.4) is 0 Å². The highest BCUT2D eigenvalue weighted by atomic mass is 35.5. The fourth-order valence-corrected chi connectivity index (χ4v) is 6.38. The van der Waals surface area contributed by atoms with Crippen LogP contribution in [0.1, 0.15) is 57.0 Å². The summed E-state index contributed by atoms with van der Waals surface area (Å²) in [5.74, 6) is 1.31. The minimum absolute atomic E-state index is 0.0788. The lowest BCUT2D eigenvalue weighted by Crippen LogP contribution is -2.47. The number of nitrogens with one attached hydrogen (secondary N) is 1. The summed E-state index contributed by atoms with van der Waals surface area (Å²) in [6, 6.07) is 5.46. The largest absolute Gasteiger partial charge is 0.481 e. The zero-order valence-corrected chi connectivity index (χ0v) is 21.8. The minimum atomic E-state index is -3.99. The van der Waals surface area contributed by atoms with Gasteiger partial charge in [-0.15, -0.1) is 10.2 Å². The summed E-state index contributed by atoms with van der Waals surface area (Å²) < 4.78 is 42.4. The zero-order valence-electron chi connectivity index (χ0n) is 20.3. The number of anilines is 1. The van der Waals surface area contributed by atoms with Gasteiger partial charge in [0.15, 0.2) is 11.6 Å². The van der Waals surface area contributed by atoms with Crippen molar-refractivity contribution in [1.82, 2.24) is 29.7 Å². The van der Waals surface area contributed by atoms with Crippen molar-refractivity contribution in [1.29, 1.82) is 0 Å². The maximum absolute atomic E-state index is 13.5. The molecule has 0 radical (unpaired) electrons. The molecule has 3 atom stereocenters. The van der Waals surface area contributed by atoms with E-state index in [0.29, 0.717) is 22.4 Å². The summed E-state index contributed by atoms with van der Waals surface area (Å²) in [5.41, 5.74) is 0.708. The van der Waals surface area contributed by atoms with Crippen LogP contribution in [0.15, 0.2) is 30.6 Å². The van der Waals surface area contributed by atoms with Gasteiger partial charge >= 0.3 is 0 Å². The van der Waals surface area contributed by atoms with Crippen LogP contribution in [0.4, 0.5) is 5.95 Å². The van der Waals surface area contributed by atoms with Gasteiger partial charge in [0.1, 0.15) is 17.0 Å². The first-order valence-corrected chi connectivity index (χ1v) is 13.7. The molecule has 2 aliphatic rings. The van der Waals surface area contributed by atoms with Gasteiger partial charge in [0.25, 0.3) is 0 Å². The maximum Gasteiger partial charge on any atom is 0.240 e. The smallest absolute Gasteiger partial charge is 0.240 e. The predicted octanol–water partition coefficient (Wildman–Crippen LogP) is 3.82. The number of hydrogen-bond donors (Lipinski definition) is 1. The molecule has 2 fully saturated rings. The number of methoxy groups -OCH3 is 2. The second-order valence-corrected chi connectivity index (χ2v) is 11.8. The Labute approximate surface area is 214 Å². The maximum atomic E-state index is 13.5. The van der Waals surface area contributed by atoms with Gasteiger partial charge in [0, 0.05) is 31.6 Å². The zero-order chi connectivity index (χ0) is 25.5. The summed E-state index contributed by atoms with van der Waals surface area (Å²) in [4.78, 5) is 12.8. The van der Waals surface area contributed by atoms with Crippen LogP contribution in [0.2, 0.25) is 5.02 Å². The van der Waals surface area contributed by atoms with Crippen LogP contribution in [-0.2, 0) is 14.8 Å². The molecule has 11 nitrogen and oxygen atoms in total. The van der Waals surface area contributed by atoms with E-state index in [9.17, 15) is 8.42 Å². The lowest BCUT2D eigenvalue weighted by molar-refractivity contribution is -0.0369. The Morgan fingerprint density at radius 2 is 1.92 bits per heavy atom. The van der Waals surface area contributed by atoms with E-state index in [0.717, 1.165) is 25.7 Å². The van der Waals surface area contributed by atoms with Crippen molar-refractivity contribution in [2.24, 2.45) is 5.41 Å². The lowest BCUT2D eigenvalue weighted by Gasteiger charge is -2.56. The van der Waals surface area contributed by atoms with E-state index in [1.807, 2.05) is 16.7 Å². The molecular weight excluding hydrogens is 506 g/mol. The Balaban J connectivity index is 1.50. The summed E-state index contributed by atoms with van der Waals surface area (Å²) in [5, 5.41) is 7.94. The number of hydrogen-bond acceptors (Lipinski definition) is 9. The average Bonchev–Trinajstić information content (AvgIpc) is 3.21. The SMILES string of the molecule is COc1cccc(-c2nnc(NS(=O)(=O)[C@@H](C)[C@H](OC)c3ncc(Cl)cn3)n2[C@H]2CCC23CCC3)n1. The Morgan fingerprint density at radius 1 is 1.17 bits per heavy atom. The van der Waals surface area contributed by atoms with Crippen LogP contribution in [0.5, 0.6) is 5.88 Å². The number of rotatable bonds is 9. The Morgan fingerprint density at radius 3 is 2.50 bits per heavy atom. The van der Waals surface area contributed by atoms with E-state index in [1.54, 1.807) is 13.2 Å². The van der Waals surface area contributed by atoms with Crippen LogP contribution >= 0.6 is 11.6 Å². The molecule has 3 aromatic heterocycles. The quantitative estimate of drug-likeness (QED) is 0.435. The number of nitrogens with zero attached hydrogens (tertiary/aromatic N) is 6. The third kappa shape index (κ3) is 4.31. The highest BCUT2D eigenvalue weighted by Crippen LogP contribution is 2.63. The Kier molecular flexibility index (Phi) is 6.60. The monoisotopic (exact) mass is 533 g/mol. The first-order chi connectivity index (χ1) is 17.3. The van der Waals surface area contributed by atoms with Gasteiger partial charge in [0.2, 0.25) is 21.9 Å². The van der Waals surface area contributed by atoms with Crippen molar-refractivity contribution < 1.29 is 17.9 Å². The second-order valence-electron chi connectivity index (χ2n) is 9.32. The summed E-state index contributed by atoms with van der Waals surface area (Å²) >= 11 is 5.89. The number of aromatic nitrogens is 6. The van der Waals surface area contributed by atoms with E-state index in [-0.39, 0.29) is 23.2 Å². The second kappa shape index (κ2) is 9.56. The number of ether oxygens (including phenoxy) is 2.